The van der Waals surface area contributed by atoms with Crippen LogP contribution in [0.25, 0.3) is 0 Å². The molecular weight excluding hydrogens is 498 g/mol. The minimum Gasteiger partial charge on any atom is -0.439 e. The first kappa shape index (κ1) is 23.6. The summed E-state index contributed by atoms with van der Waals surface area (Å²) in [7, 11) is 3.65. The van der Waals surface area contributed by atoms with Crippen LogP contribution in [0.4, 0.5) is 4.39 Å². The van der Waals surface area contributed by atoms with Crippen molar-refractivity contribution in [1.82, 2.24) is 25.4 Å². The van der Waals surface area contributed by atoms with Crippen LogP contribution in [0.3, 0.4) is 0 Å². The lowest BCUT2D eigenvalue weighted by Gasteiger charge is -2.14. The number of pyridine rings is 1. The topological polar surface area (TPSA) is 76.4 Å². The maximum atomic E-state index is 13.4. The quantitative estimate of drug-likeness (QED) is 0.291. The van der Waals surface area contributed by atoms with E-state index < -0.39 is 0 Å². The Labute approximate surface area is 192 Å². The van der Waals surface area contributed by atoms with Gasteiger partial charge in [0.25, 0.3) is 0 Å². The SMILES string of the molecule is CN=C(NCc1cccnc1Oc1cccc(F)c1)NCc1c(C)nn(C)c1C.I. The second-order valence-corrected chi connectivity index (χ2v) is 6.58. The molecule has 0 aliphatic rings. The summed E-state index contributed by atoms with van der Waals surface area (Å²) < 4.78 is 21.0. The maximum Gasteiger partial charge on any atom is 0.224 e. The van der Waals surface area contributed by atoms with Crippen molar-refractivity contribution in [2.45, 2.75) is 26.9 Å². The smallest absolute Gasteiger partial charge is 0.224 e. The molecule has 0 aliphatic heterocycles. The standard InChI is InChI=1S/C21H25FN6O.HI/c1-14-19(15(2)28(4)27-14)13-26-21(23-3)25-12-16-7-6-10-24-20(16)29-18-9-5-8-17(22)11-18;/h5-11H,12-13H2,1-4H3,(H2,23,25,26);1H. The fourth-order valence-electron chi connectivity index (χ4n) is 2.94. The number of guanidine groups is 1. The molecule has 3 aromatic rings. The predicted molar refractivity (Wildman–Crippen MR) is 126 cm³/mol. The van der Waals surface area contributed by atoms with Gasteiger partial charge in [0, 0.05) is 56.3 Å². The van der Waals surface area contributed by atoms with E-state index in [1.165, 1.54) is 12.1 Å². The van der Waals surface area contributed by atoms with Gasteiger partial charge in [-0.1, -0.05) is 12.1 Å². The van der Waals surface area contributed by atoms with E-state index in [2.05, 4.69) is 25.7 Å². The third-order valence-corrected chi connectivity index (χ3v) is 4.62. The Morgan fingerprint density at radius 1 is 1.17 bits per heavy atom. The second-order valence-electron chi connectivity index (χ2n) is 6.58. The molecule has 0 atom stereocenters. The van der Waals surface area contributed by atoms with E-state index in [1.807, 2.05) is 37.7 Å². The molecule has 2 aromatic heterocycles. The van der Waals surface area contributed by atoms with E-state index in [-0.39, 0.29) is 29.8 Å². The van der Waals surface area contributed by atoms with Crippen LogP contribution in [-0.2, 0) is 20.1 Å². The number of nitrogens with one attached hydrogen (secondary N) is 2. The molecule has 0 aliphatic carbocycles. The Morgan fingerprint density at radius 2 is 1.93 bits per heavy atom. The summed E-state index contributed by atoms with van der Waals surface area (Å²) >= 11 is 0. The van der Waals surface area contributed by atoms with Gasteiger partial charge in [0.15, 0.2) is 5.96 Å². The zero-order valence-electron chi connectivity index (χ0n) is 17.4. The maximum absolute atomic E-state index is 13.4. The van der Waals surface area contributed by atoms with Gasteiger partial charge in [-0.3, -0.25) is 9.67 Å². The van der Waals surface area contributed by atoms with Crippen LogP contribution in [-0.4, -0.2) is 27.8 Å². The van der Waals surface area contributed by atoms with Crippen LogP contribution >= 0.6 is 24.0 Å². The normalized spacial score (nSPS) is 11.0. The van der Waals surface area contributed by atoms with Crippen molar-refractivity contribution in [2.75, 3.05) is 7.05 Å². The lowest BCUT2D eigenvalue weighted by Crippen LogP contribution is -2.36. The highest BCUT2D eigenvalue weighted by atomic mass is 127. The summed E-state index contributed by atoms with van der Waals surface area (Å²) in [5.74, 6) is 1.10. The number of aliphatic imine (C=N–C) groups is 1. The Hall–Kier alpha value is -2.69. The summed E-state index contributed by atoms with van der Waals surface area (Å²) in [6.45, 7) is 5.10. The van der Waals surface area contributed by atoms with Gasteiger partial charge in [-0.2, -0.15) is 5.10 Å². The fraction of sp³-hybridized carbons (Fsp3) is 0.286. The molecule has 0 radical (unpaired) electrons. The Kier molecular flexibility index (Phi) is 8.58. The molecule has 1 aromatic carbocycles. The average molecular weight is 524 g/mol. The zero-order valence-corrected chi connectivity index (χ0v) is 19.8. The molecule has 0 spiro atoms. The van der Waals surface area contributed by atoms with E-state index in [9.17, 15) is 4.39 Å². The van der Waals surface area contributed by atoms with Gasteiger partial charge in [0.1, 0.15) is 11.6 Å². The van der Waals surface area contributed by atoms with Gasteiger partial charge in [0.2, 0.25) is 5.88 Å². The van der Waals surface area contributed by atoms with Gasteiger partial charge in [-0.15, -0.1) is 24.0 Å². The first-order valence-corrected chi connectivity index (χ1v) is 9.29. The number of hydrogen-bond acceptors (Lipinski definition) is 4. The van der Waals surface area contributed by atoms with Crippen LogP contribution in [0.5, 0.6) is 11.6 Å². The van der Waals surface area contributed by atoms with Gasteiger partial charge in [0.05, 0.1) is 5.69 Å². The third-order valence-electron chi connectivity index (χ3n) is 4.62. The lowest BCUT2D eigenvalue weighted by molar-refractivity contribution is 0.450. The van der Waals surface area contributed by atoms with Crippen LogP contribution < -0.4 is 15.4 Å². The molecule has 2 heterocycles. The number of ether oxygens (including phenoxy) is 1. The molecule has 0 fully saturated rings. The molecular formula is C21H26FIN6O. The number of nitrogens with zero attached hydrogens (tertiary/aromatic N) is 4. The van der Waals surface area contributed by atoms with E-state index in [4.69, 9.17) is 4.74 Å². The summed E-state index contributed by atoms with van der Waals surface area (Å²) in [5.41, 5.74) is 4.08. The monoisotopic (exact) mass is 524 g/mol. The molecule has 0 amide bonds. The number of hydrogen-bond donors (Lipinski definition) is 2. The van der Waals surface area contributed by atoms with Crippen LogP contribution in [0.1, 0.15) is 22.5 Å². The van der Waals surface area contributed by atoms with Crippen molar-refractivity contribution >= 4 is 29.9 Å². The van der Waals surface area contributed by atoms with Crippen LogP contribution in [0.15, 0.2) is 47.6 Å². The van der Waals surface area contributed by atoms with Crippen molar-refractivity contribution in [3.05, 3.63) is 70.9 Å². The van der Waals surface area contributed by atoms with E-state index in [0.717, 1.165) is 22.5 Å². The number of aryl methyl sites for hydroxylation is 2. The highest BCUT2D eigenvalue weighted by Crippen LogP contribution is 2.23. The number of benzene rings is 1. The van der Waals surface area contributed by atoms with E-state index in [0.29, 0.717) is 30.7 Å². The Morgan fingerprint density at radius 3 is 2.60 bits per heavy atom. The third kappa shape index (κ3) is 5.91. The fourth-order valence-corrected chi connectivity index (χ4v) is 2.94. The van der Waals surface area contributed by atoms with Gasteiger partial charge < -0.3 is 15.4 Å². The Balaban J connectivity index is 0.00000320. The van der Waals surface area contributed by atoms with Gasteiger partial charge in [-0.05, 0) is 32.0 Å². The van der Waals surface area contributed by atoms with Crippen molar-refractivity contribution in [3.63, 3.8) is 0 Å². The molecule has 0 saturated heterocycles. The molecule has 0 saturated carbocycles. The van der Waals surface area contributed by atoms with Gasteiger partial charge in [-0.25, -0.2) is 9.37 Å². The molecule has 30 heavy (non-hydrogen) atoms. The first-order valence-electron chi connectivity index (χ1n) is 9.29. The molecule has 7 nitrogen and oxygen atoms in total. The molecule has 3 rings (SSSR count). The summed E-state index contributed by atoms with van der Waals surface area (Å²) in [6.07, 6.45) is 1.64. The molecule has 160 valence electrons. The van der Waals surface area contributed by atoms with E-state index in [1.54, 1.807) is 25.4 Å². The van der Waals surface area contributed by atoms with Crippen molar-refractivity contribution in [2.24, 2.45) is 12.0 Å². The summed E-state index contributed by atoms with van der Waals surface area (Å²) in [4.78, 5) is 8.54. The minimum atomic E-state index is -0.358. The van der Waals surface area contributed by atoms with E-state index >= 15 is 0 Å². The number of halogens is 2. The minimum absolute atomic E-state index is 0. The first-order chi connectivity index (χ1) is 14.0. The molecule has 2 N–H and O–H groups in total. The molecule has 0 unspecified atom stereocenters. The second kappa shape index (κ2) is 10.9. The Bertz CT molecular complexity index is 1020. The van der Waals surface area contributed by atoms with Crippen LogP contribution in [0, 0.1) is 19.7 Å². The predicted octanol–water partition coefficient (Wildman–Crippen LogP) is 3.85. The summed E-state index contributed by atoms with van der Waals surface area (Å²) in [5, 5.41) is 11.0. The van der Waals surface area contributed by atoms with Crippen molar-refractivity contribution in [1.29, 1.82) is 0 Å². The van der Waals surface area contributed by atoms with Crippen molar-refractivity contribution < 1.29 is 9.13 Å². The number of aromatic nitrogens is 3. The number of rotatable bonds is 6. The molecule has 0 bridgehead atoms. The van der Waals surface area contributed by atoms with Crippen molar-refractivity contribution in [3.8, 4) is 11.6 Å². The largest absolute Gasteiger partial charge is 0.439 e. The summed E-state index contributed by atoms with van der Waals surface area (Å²) in [6, 6.07) is 9.71. The zero-order chi connectivity index (χ0) is 20.8. The average Bonchev–Trinajstić information content (AvgIpc) is 2.95. The highest BCUT2D eigenvalue weighted by Gasteiger charge is 2.11. The molecule has 9 heteroatoms. The highest BCUT2D eigenvalue weighted by molar-refractivity contribution is 14.0. The lowest BCUT2D eigenvalue weighted by atomic mass is 10.2. The van der Waals surface area contributed by atoms with Gasteiger partial charge >= 0.3 is 0 Å². The van der Waals surface area contributed by atoms with Crippen LogP contribution in [0.2, 0.25) is 0 Å².